The number of carbonyl (C=O) groups excluding carboxylic acids is 1. The van der Waals surface area contributed by atoms with E-state index >= 15 is 0 Å². The molecule has 1 aromatic heterocycles. The molecule has 4 nitrogen and oxygen atoms in total. The van der Waals surface area contributed by atoms with Gasteiger partial charge in [0.25, 0.3) is 11.7 Å². The lowest BCUT2D eigenvalue weighted by Crippen LogP contribution is -2.26. The third-order valence-electron chi connectivity index (χ3n) is 2.42. The summed E-state index contributed by atoms with van der Waals surface area (Å²) in [5.74, 6) is -5.78. The summed E-state index contributed by atoms with van der Waals surface area (Å²) in [6.07, 6.45) is 0. The van der Waals surface area contributed by atoms with Gasteiger partial charge >= 0.3 is 5.92 Å². The fraction of sp³-hybridized carbons (Fsp3) is 0.250. The number of hydrogen-bond donors (Lipinski definition) is 0. The van der Waals surface area contributed by atoms with Gasteiger partial charge in [0.1, 0.15) is 0 Å². The van der Waals surface area contributed by atoms with Gasteiger partial charge in [0.2, 0.25) is 5.89 Å². The summed E-state index contributed by atoms with van der Waals surface area (Å²) in [6.45, 7) is 3.19. The van der Waals surface area contributed by atoms with E-state index in [9.17, 15) is 13.6 Å². The van der Waals surface area contributed by atoms with Crippen LogP contribution in [0, 0.1) is 13.8 Å². The van der Waals surface area contributed by atoms with Crippen LogP contribution in [0.15, 0.2) is 28.7 Å². The van der Waals surface area contributed by atoms with Crippen LogP contribution in [-0.2, 0) is 5.92 Å². The van der Waals surface area contributed by atoms with E-state index < -0.39 is 23.2 Å². The molecule has 94 valence electrons. The van der Waals surface area contributed by atoms with Crippen molar-refractivity contribution in [2.45, 2.75) is 19.8 Å². The molecular weight excluding hydrogens is 242 g/mol. The highest BCUT2D eigenvalue weighted by atomic mass is 19.3. The monoisotopic (exact) mass is 252 g/mol. The highest BCUT2D eigenvalue weighted by Gasteiger charge is 2.44. The summed E-state index contributed by atoms with van der Waals surface area (Å²) >= 11 is 0. The van der Waals surface area contributed by atoms with Crippen molar-refractivity contribution >= 4 is 5.78 Å². The summed E-state index contributed by atoms with van der Waals surface area (Å²) in [6, 6.07) is 5.43. The second-order valence-corrected chi connectivity index (χ2v) is 3.90. The molecule has 6 heteroatoms. The number of carbonyl (C=O) groups is 1. The number of aryl methyl sites for hydroxylation is 2. The van der Waals surface area contributed by atoms with Crippen molar-refractivity contribution < 1.29 is 18.0 Å². The molecule has 0 aliphatic heterocycles. The van der Waals surface area contributed by atoms with E-state index in [-0.39, 0.29) is 5.89 Å². The Morgan fingerprint density at radius 1 is 1.17 bits per heavy atom. The van der Waals surface area contributed by atoms with Crippen molar-refractivity contribution in [3.63, 3.8) is 0 Å². The number of nitrogens with zero attached hydrogens (tertiary/aromatic N) is 2. The summed E-state index contributed by atoms with van der Waals surface area (Å²) in [7, 11) is 0. The van der Waals surface area contributed by atoms with E-state index in [0.717, 1.165) is 5.56 Å². The Labute approximate surface area is 102 Å². The van der Waals surface area contributed by atoms with Gasteiger partial charge in [-0.25, -0.2) is 0 Å². The fourth-order valence-corrected chi connectivity index (χ4v) is 1.42. The molecular formula is C12H10F2N2O2. The van der Waals surface area contributed by atoms with Crippen molar-refractivity contribution in [1.82, 2.24) is 10.2 Å². The second kappa shape index (κ2) is 4.29. The number of benzene rings is 1. The van der Waals surface area contributed by atoms with E-state index in [4.69, 9.17) is 4.42 Å². The third kappa shape index (κ3) is 2.13. The van der Waals surface area contributed by atoms with Crippen LogP contribution in [0.2, 0.25) is 0 Å². The lowest BCUT2D eigenvalue weighted by Gasteiger charge is -2.13. The molecule has 0 bridgehead atoms. The van der Waals surface area contributed by atoms with Gasteiger partial charge in [-0.2, -0.15) is 8.78 Å². The zero-order valence-electron chi connectivity index (χ0n) is 9.78. The Kier molecular flexibility index (Phi) is 2.94. The Morgan fingerprint density at radius 3 is 2.28 bits per heavy atom. The normalized spacial score (nSPS) is 11.6. The van der Waals surface area contributed by atoms with Gasteiger partial charge in [-0.3, -0.25) is 4.79 Å². The zero-order valence-corrected chi connectivity index (χ0v) is 9.78. The molecule has 0 radical (unpaired) electrons. The van der Waals surface area contributed by atoms with Gasteiger partial charge in [-0.15, -0.1) is 10.2 Å². The molecule has 0 aliphatic rings. The Morgan fingerprint density at radius 2 is 1.78 bits per heavy atom. The van der Waals surface area contributed by atoms with E-state index in [1.165, 1.54) is 31.2 Å². The molecule has 0 aliphatic carbocycles. The standard InChI is InChI=1S/C12H10F2N2O2/c1-7-3-5-9(6-4-7)12(13,14)10(17)11-16-15-8(2)18-11/h3-6H,1-2H3. The minimum absolute atomic E-state index is 0.0676. The maximum atomic E-state index is 13.9. The van der Waals surface area contributed by atoms with Gasteiger partial charge < -0.3 is 4.42 Å². The summed E-state index contributed by atoms with van der Waals surface area (Å²) < 4.78 is 32.5. The zero-order chi connectivity index (χ0) is 13.3. The van der Waals surface area contributed by atoms with E-state index in [1.807, 2.05) is 0 Å². The number of ketones is 1. The van der Waals surface area contributed by atoms with E-state index in [0.29, 0.717) is 0 Å². The number of halogens is 2. The topological polar surface area (TPSA) is 56.0 Å². The van der Waals surface area contributed by atoms with Crippen LogP contribution >= 0.6 is 0 Å². The predicted molar refractivity (Wildman–Crippen MR) is 58.4 cm³/mol. The summed E-state index contributed by atoms with van der Waals surface area (Å²) in [4.78, 5) is 11.6. The Hall–Kier alpha value is -2.11. The quantitative estimate of drug-likeness (QED) is 0.788. The molecule has 0 amide bonds. The minimum atomic E-state index is -3.67. The molecule has 0 saturated carbocycles. The number of hydrogen-bond acceptors (Lipinski definition) is 4. The molecule has 2 aromatic rings. The largest absolute Gasteiger partial charge is 0.418 e. The highest BCUT2D eigenvalue weighted by Crippen LogP contribution is 2.31. The summed E-state index contributed by atoms with van der Waals surface area (Å²) in [5, 5.41) is 6.67. The highest BCUT2D eigenvalue weighted by molar-refractivity contribution is 5.98. The van der Waals surface area contributed by atoms with Crippen LogP contribution in [-0.4, -0.2) is 16.0 Å². The number of rotatable bonds is 3. The third-order valence-corrected chi connectivity index (χ3v) is 2.42. The first-order valence-electron chi connectivity index (χ1n) is 5.21. The molecule has 0 N–H and O–H groups in total. The van der Waals surface area contributed by atoms with Gasteiger partial charge in [0.05, 0.1) is 0 Å². The molecule has 0 spiro atoms. The van der Waals surface area contributed by atoms with Crippen LogP contribution in [0.4, 0.5) is 8.78 Å². The molecule has 1 aromatic carbocycles. The van der Waals surface area contributed by atoms with Crippen molar-refractivity contribution in [2.75, 3.05) is 0 Å². The van der Waals surface area contributed by atoms with Crippen molar-refractivity contribution in [3.8, 4) is 0 Å². The molecule has 18 heavy (non-hydrogen) atoms. The summed E-state index contributed by atoms with van der Waals surface area (Å²) in [5.41, 5.74) is 0.435. The van der Waals surface area contributed by atoms with E-state index in [2.05, 4.69) is 10.2 Å². The van der Waals surface area contributed by atoms with Crippen LogP contribution in [0.5, 0.6) is 0 Å². The van der Waals surface area contributed by atoms with Crippen molar-refractivity contribution in [2.24, 2.45) is 0 Å². The van der Waals surface area contributed by atoms with Gasteiger partial charge in [-0.1, -0.05) is 29.8 Å². The van der Waals surface area contributed by atoms with Crippen molar-refractivity contribution in [3.05, 3.63) is 47.2 Å². The van der Waals surface area contributed by atoms with Crippen molar-refractivity contribution in [1.29, 1.82) is 0 Å². The van der Waals surface area contributed by atoms with E-state index in [1.54, 1.807) is 6.92 Å². The molecule has 0 unspecified atom stereocenters. The predicted octanol–water partition coefficient (Wildman–Crippen LogP) is 2.66. The Bertz CT molecular complexity index is 576. The smallest absolute Gasteiger partial charge is 0.339 e. The lowest BCUT2D eigenvalue weighted by molar-refractivity contribution is 0.00414. The van der Waals surface area contributed by atoms with Gasteiger partial charge in [0, 0.05) is 12.5 Å². The lowest BCUT2D eigenvalue weighted by atomic mass is 10.0. The first-order chi connectivity index (χ1) is 8.41. The maximum Gasteiger partial charge on any atom is 0.339 e. The number of alkyl halides is 2. The average Bonchev–Trinajstić information content (AvgIpc) is 2.75. The van der Waals surface area contributed by atoms with Crippen LogP contribution in [0.3, 0.4) is 0 Å². The number of Topliss-reactive ketones (excluding diaryl/α,β-unsaturated/α-hetero) is 1. The molecule has 2 rings (SSSR count). The first kappa shape index (κ1) is 12.3. The van der Waals surface area contributed by atoms with Crippen LogP contribution in [0.25, 0.3) is 0 Å². The first-order valence-corrected chi connectivity index (χ1v) is 5.21. The van der Waals surface area contributed by atoms with Gasteiger partial charge in [0.15, 0.2) is 0 Å². The van der Waals surface area contributed by atoms with Gasteiger partial charge in [-0.05, 0) is 6.92 Å². The molecule has 0 saturated heterocycles. The average molecular weight is 252 g/mol. The minimum Gasteiger partial charge on any atom is -0.418 e. The molecule has 1 heterocycles. The SMILES string of the molecule is Cc1ccc(C(F)(F)C(=O)c2nnc(C)o2)cc1. The van der Waals surface area contributed by atoms with Crippen LogP contribution < -0.4 is 0 Å². The van der Waals surface area contributed by atoms with Crippen LogP contribution in [0.1, 0.15) is 27.7 Å². The maximum absolute atomic E-state index is 13.9. The molecule has 0 fully saturated rings. The second-order valence-electron chi connectivity index (χ2n) is 3.90. The molecule has 0 atom stereocenters. The Balaban J connectivity index is 2.36. The number of aromatic nitrogens is 2. The fourth-order valence-electron chi connectivity index (χ4n) is 1.42.